The lowest BCUT2D eigenvalue weighted by atomic mass is 10.1. The first-order valence-corrected chi connectivity index (χ1v) is 9.95. The Balaban J connectivity index is 1.21. The molecule has 152 valence electrons. The summed E-state index contributed by atoms with van der Waals surface area (Å²) in [5.41, 5.74) is 1.62. The third-order valence-electron chi connectivity index (χ3n) is 5.38. The summed E-state index contributed by atoms with van der Waals surface area (Å²) in [5.74, 6) is -0.247. The predicted octanol–water partition coefficient (Wildman–Crippen LogP) is 4.07. The van der Waals surface area contributed by atoms with Crippen molar-refractivity contribution in [2.45, 2.75) is 31.5 Å². The molecule has 2 heterocycles. The molecule has 3 aromatic rings. The molecule has 5 rings (SSSR count). The van der Waals surface area contributed by atoms with Crippen LogP contribution in [0.2, 0.25) is 0 Å². The molecule has 0 atom stereocenters. The van der Waals surface area contributed by atoms with Gasteiger partial charge >= 0.3 is 5.97 Å². The van der Waals surface area contributed by atoms with Gasteiger partial charge in [-0.2, -0.15) is 0 Å². The minimum atomic E-state index is -0.572. The van der Waals surface area contributed by atoms with Crippen molar-refractivity contribution < 1.29 is 23.8 Å². The van der Waals surface area contributed by atoms with E-state index in [4.69, 9.17) is 14.2 Å². The first kappa shape index (κ1) is 18.4. The zero-order valence-corrected chi connectivity index (χ0v) is 16.2. The van der Waals surface area contributed by atoms with Gasteiger partial charge in [-0.1, -0.05) is 12.1 Å². The summed E-state index contributed by atoms with van der Waals surface area (Å²) < 4.78 is 17.2. The fourth-order valence-electron chi connectivity index (χ4n) is 3.98. The summed E-state index contributed by atoms with van der Waals surface area (Å²) >= 11 is 0. The molecule has 0 bridgehead atoms. The Morgan fingerprint density at radius 2 is 1.87 bits per heavy atom. The van der Waals surface area contributed by atoms with Crippen LogP contribution in [0.15, 0.2) is 54.7 Å². The van der Waals surface area contributed by atoms with E-state index >= 15 is 0 Å². The second-order valence-corrected chi connectivity index (χ2v) is 7.48. The number of hydrogen-bond acceptors (Lipinski definition) is 6. The van der Waals surface area contributed by atoms with Crippen LogP contribution in [0.4, 0.5) is 5.69 Å². The zero-order chi connectivity index (χ0) is 20.6. The molecule has 1 saturated carbocycles. The lowest BCUT2D eigenvalue weighted by molar-refractivity contribution is -0.119. The maximum Gasteiger partial charge on any atom is 0.339 e. The van der Waals surface area contributed by atoms with Crippen molar-refractivity contribution in [3.63, 3.8) is 0 Å². The molecule has 1 N–H and O–H groups in total. The van der Waals surface area contributed by atoms with Crippen molar-refractivity contribution in [3.8, 4) is 11.5 Å². The number of benzene rings is 2. The highest BCUT2D eigenvalue weighted by atomic mass is 16.7. The van der Waals surface area contributed by atoms with Gasteiger partial charge < -0.3 is 19.5 Å². The third kappa shape index (κ3) is 3.43. The Labute approximate surface area is 173 Å². The second-order valence-electron chi connectivity index (χ2n) is 7.48. The Morgan fingerprint density at radius 3 is 2.73 bits per heavy atom. The van der Waals surface area contributed by atoms with Crippen LogP contribution in [-0.2, 0) is 9.53 Å². The number of aromatic nitrogens is 1. The molecule has 1 amide bonds. The van der Waals surface area contributed by atoms with Crippen LogP contribution < -0.4 is 14.8 Å². The van der Waals surface area contributed by atoms with Gasteiger partial charge in [-0.05, 0) is 43.2 Å². The minimum absolute atomic E-state index is 0.373. The summed E-state index contributed by atoms with van der Waals surface area (Å²) in [6, 6.07) is 14.0. The van der Waals surface area contributed by atoms with Crippen molar-refractivity contribution >= 4 is 28.5 Å². The number of fused-ring (bicyclic) bond motifs is 2. The average Bonchev–Trinajstić information content (AvgIpc) is 3.37. The number of anilines is 1. The van der Waals surface area contributed by atoms with E-state index in [1.54, 1.807) is 48.7 Å². The van der Waals surface area contributed by atoms with Crippen LogP contribution >= 0.6 is 0 Å². The number of hydrogen-bond donors (Lipinski definition) is 1. The van der Waals surface area contributed by atoms with Gasteiger partial charge in [-0.3, -0.25) is 9.78 Å². The number of carbonyl (C=O) groups is 2. The summed E-state index contributed by atoms with van der Waals surface area (Å²) in [4.78, 5) is 29.0. The van der Waals surface area contributed by atoms with Gasteiger partial charge in [0.25, 0.3) is 11.7 Å². The van der Waals surface area contributed by atoms with Gasteiger partial charge in [-0.25, -0.2) is 4.79 Å². The normalized spacial score (nSPS) is 16.0. The lowest BCUT2D eigenvalue weighted by Crippen LogP contribution is -2.34. The average molecular weight is 404 g/mol. The standard InChI is InChI=1S/C23H20N2O5/c26-21(14-28-22(27)17-5-3-7-18-16(17)6-4-12-24-18)25-15-8-9-19-20(13-15)30-23(29-19)10-1-2-11-23/h3-9,12-13H,1-2,10-11,14H2,(H,25,26). The maximum absolute atomic E-state index is 12.4. The zero-order valence-electron chi connectivity index (χ0n) is 16.2. The van der Waals surface area contributed by atoms with E-state index in [0.717, 1.165) is 25.7 Å². The number of amides is 1. The molecule has 1 spiro atoms. The van der Waals surface area contributed by atoms with Crippen LogP contribution in [0.5, 0.6) is 11.5 Å². The molecule has 7 heteroatoms. The van der Waals surface area contributed by atoms with Gasteiger partial charge in [0.05, 0.1) is 11.1 Å². The van der Waals surface area contributed by atoms with Crippen molar-refractivity contribution in [2.75, 3.05) is 11.9 Å². The number of nitrogens with one attached hydrogen (secondary N) is 1. The van der Waals surface area contributed by atoms with E-state index in [2.05, 4.69) is 10.3 Å². The highest BCUT2D eigenvalue weighted by Crippen LogP contribution is 2.47. The largest absolute Gasteiger partial charge is 0.452 e. The number of esters is 1. The molecule has 1 aliphatic heterocycles. The molecule has 2 aromatic carbocycles. The summed E-state index contributed by atoms with van der Waals surface area (Å²) in [7, 11) is 0. The molecule has 0 saturated heterocycles. The summed E-state index contributed by atoms with van der Waals surface area (Å²) in [5, 5.41) is 3.41. The van der Waals surface area contributed by atoms with Gasteiger partial charge in [-0.15, -0.1) is 0 Å². The SMILES string of the molecule is O=C(COC(=O)c1cccc2ncccc12)Nc1ccc2c(c1)OC1(CCCC1)O2. The van der Waals surface area contributed by atoms with E-state index in [1.165, 1.54) is 0 Å². The van der Waals surface area contributed by atoms with E-state index in [1.807, 2.05) is 6.07 Å². The van der Waals surface area contributed by atoms with Gasteiger partial charge in [0.1, 0.15) is 0 Å². The quantitative estimate of drug-likeness (QED) is 0.660. The van der Waals surface area contributed by atoms with Crippen molar-refractivity contribution in [1.29, 1.82) is 0 Å². The number of carbonyl (C=O) groups excluding carboxylic acids is 2. The van der Waals surface area contributed by atoms with E-state index in [9.17, 15) is 9.59 Å². The topological polar surface area (TPSA) is 86.8 Å². The predicted molar refractivity (Wildman–Crippen MR) is 110 cm³/mol. The van der Waals surface area contributed by atoms with Crippen LogP contribution in [0.25, 0.3) is 10.9 Å². The molecule has 2 aliphatic rings. The van der Waals surface area contributed by atoms with E-state index in [-0.39, 0.29) is 0 Å². The molecule has 1 aromatic heterocycles. The number of pyridine rings is 1. The van der Waals surface area contributed by atoms with Crippen molar-refractivity contribution in [3.05, 3.63) is 60.3 Å². The van der Waals surface area contributed by atoms with Gasteiger partial charge in [0.15, 0.2) is 18.1 Å². The minimum Gasteiger partial charge on any atom is -0.452 e. The fraction of sp³-hybridized carbons (Fsp3) is 0.261. The fourth-order valence-corrected chi connectivity index (χ4v) is 3.98. The van der Waals surface area contributed by atoms with Crippen LogP contribution in [0.1, 0.15) is 36.0 Å². The van der Waals surface area contributed by atoms with Crippen LogP contribution in [-0.4, -0.2) is 29.3 Å². The molecule has 30 heavy (non-hydrogen) atoms. The lowest BCUT2D eigenvalue weighted by Gasteiger charge is -2.21. The molecule has 0 radical (unpaired) electrons. The molecular weight excluding hydrogens is 384 g/mol. The molecule has 0 unspecified atom stereocenters. The van der Waals surface area contributed by atoms with E-state index in [0.29, 0.717) is 33.7 Å². The molecule has 7 nitrogen and oxygen atoms in total. The Hall–Kier alpha value is -3.61. The highest BCUT2D eigenvalue weighted by Gasteiger charge is 2.44. The Kier molecular flexibility index (Phi) is 4.50. The van der Waals surface area contributed by atoms with E-state index < -0.39 is 24.3 Å². The number of nitrogens with zero attached hydrogens (tertiary/aromatic N) is 1. The first-order chi connectivity index (χ1) is 14.6. The monoisotopic (exact) mass is 404 g/mol. The van der Waals surface area contributed by atoms with Gasteiger partial charge in [0.2, 0.25) is 0 Å². The summed E-state index contributed by atoms with van der Waals surface area (Å²) in [6.45, 7) is -0.395. The molecule has 1 fully saturated rings. The van der Waals surface area contributed by atoms with Crippen molar-refractivity contribution in [2.24, 2.45) is 0 Å². The first-order valence-electron chi connectivity index (χ1n) is 9.95. The molecule has 1 aliphatic carbocycles. The Morgan fingerprint density at radius 1 is 1.03 bits per heavy atom. The Bertz CT molecular complexity index is 1130. The van der Waals surface area contributed by atoms with Gasteiger partial charge in [0, 0.05) is 36.2 Å². The highest BCUT2D eigenvalue weighted by molar-refractivity contribution is 6.04. The number of ether oxygens (including phenoxy) is 3. The smallest absolute Gasteiger partial charge is 0.339 e. The van der Waals surface area contributed by atoms with Crippen LogP contribution in [0.3, 0.4) is 0 Å². The van der Waals surface area contributed by atoms with Crippen LogP contribution in [0, 0.1) is 0 Å². The third-order valence-corrected chi connectivity index (χ3v) is 5.38. The number of rotatable bonds is 4. The second kappa shape index (κ2) is 7.33. The van der Waals surface area contributed by atoms with Crippen molar-refractivity contribution in [1.82, 2.24) is 4.98 Å². The molecular formula is C23H20N2O5. The summed E-state index contributed by atoms with van der Waals surface area (Å²) in [6.07, 6.45) is 5.54. The maximum atomic E-state index is 12.4.